The first-order chi connectivity index (χ1) is 8.52. The van der Waals surface area contributed by atoms with Crippen LogP contribution in [0.1, 0.15) is 15.2 Å². The summed E-state index contributed by atoms with van der Waals surface area (Å²) in [5.41, 5.74) is 1.13. The Morgan fingerprint density at radius 2 is 2.22 bits per heavy atom. The molecule has 6 heteroatoms. The first kappa shape index (κ1) is 13.0. The van der Waals surface area contributed by atoms with Crippen LogP contribution in [0.3, 0.4) is 0 Å². The minimum Gasteiger partial charge on any atom is -0.465 e. The Morgan fingerprint density at radius 1 is 1.50 bits per heavy atom. The van der Waals surface area contributed by atoms with Gasteiger partial charge in [0.05, 0.1) is 7.11 Å². The van der Waals surface area contributed by atoms with E-state index in [1.54, 1.807) is 19.1 Å². The molecule has 18 heavy (non-hydrogen) atoms. The Bertz CT molecular complexity index is 612. The zero-order valence-corrected chi connectivity index (χ0v) is 11.2. The first-order valence-electron chi connectivity index (χ1n) is 5.04. The minimum absolute atomic E-state index is 0.0721. The number of halogens is 2. The van der Waals surface area contributed by atoms with Crippen LogP contribution < -0.4 is 0 Å². The molecule has 2 aromatic rings. The van der Waals surface area contributed by atoms with Gasteiger partial charge in [-0.2, -0.15) is 0 Å². The van der Waals surface area contributed by atoms with E-state index in [1.807, 2.05) is 0 Å². The fourth-order valence-corrected chi connectivity index (χ4v) is 2.57. The standard InChI is InChI=1S/C12H9ClFNO2S/c1-6-3-4-7(5-8(6)14)11-15-10(13)9(18-11)12(16)17-2/h3-5H,1-2H3. The van der Waals surface area contributed by atoms with E-state index in [0.29, 0.717) is 16.1 Å². The highest BCUT2D eigenvalue weighted by Crippen LogP contribution is 2.31. The molecule has 3 nitrogen and oxygen atoms in total. The molecule has 0 aliphatic heterocycles. The van der Waals surface area contributed by atoms with Gasteiger partial charge < -0.3 is 4.74 Å². The molecule has 0 bridgehead atoms. The van der Waals surface area contributed by atoms with Crippen molar-refractivity contribution in [2.24, 2.45) is 0 Å². The second-order valence-corrected chi connectivity index (χ2v) is 4.95. The highest BCUT2D eigenvalue weighted by atomic mass is 35.5. The molecule has 0 radical (unpaired) electrons. The van der Waals surface area contributed by atoms with Crippen LogP contribution in [0.4, 0.5) is 4.39 Å². The van der Waals surface area contributed by atoms with E-state index in [4.69, 9.17) is 11.6 Å². The Balaban J connectivity index is 2.45. The van der Waals surface area contributed by atoms with Crippen LogP contribution in [0.5, 0.6) is 0 Å². The maximum absolute atomic E-state index is 13.4. The number of carbonyl (C=O) groups is 1. The highest BCUT2D eigenvalue weighted by Gasteiger charge is 2.18. The monoisotopic (exact) mass is 285 g/mol. The van der Waals surface area contributed by atoms with Gasteiger partial charge in [-0.3, -0.25) is 0 Å². The Hall–Kier alpha value is -1.46. The van der Waals surface area contributed by atoms with Crippen LogP contribution >= 0.6 is 22.9 Å². The van der Waals surface area contributed by atoms with Crippen LogP contribution in [0.2, 0.25) is 5.15 Å². The van der Waals surface area contributed by atoms with Gasteiger partial charge in [0.1, 0.15) is 10.8 Å². The molecule has 1 heterocycles. The lowest BCUT2D eigenvalue weighted by Gasteiger charge is -1.99. The SMILES string of the molecule is COC(=O)c1sc(-c2ccc(C)c(F)c2)nc1Cl. The minimum atomic E-state index is -0.545. The molecule has 0 atom stereocenters. The number of hydrogen-bond donors (Lipinski definition) is 0. The van der Waals surface area contributed by atoms with E-state index in [9.17, 15) is 9.18 Å². The molecule has 1 aromatic heterocycles. The summed E-state index contributed by atoms with van der Waals surface area (Å²) in [6, 6.07) is 4.75. The summed E-state index contributed by atoms with van der Waals surface area (Å²) < 4.78 is 18.0. The Kier molecular flexibility index (Phi) is 3.63. The normalized spacial score (nSPS) is 10.4. The third kappa shape index (κ3) is 2.37. The molecule has 2 rings (SSSR count). The summed E-state index contributed by atoms with van der Waals surface area (Å²) in [6.45, 7) is 1.67. The Morgan fingerprint density at radius 3 is 2.83 bits per heavy atom. The molecule has 0 aliphatic rings. The molecule has 0 saturated carbocycles. The van der Waals surface area contributed by atoms with Gasteiger partial charge >= 0.3 is 5.97 Å². The quantitative estimate of drug-likeness (QED) is 0.790. The van der Waals surface area contributed by atoms with E-state index in [-0.39, 0.29) is 15.8 Å². The van der Waals surface area contributed by atoms with Crippen LogP contribution in [-0.4, -0.2) is 18.1 Å². The first-order valence-corrected chi connectivity index (χ1v) is 6.23. The maximum atomic E-state index is 13.4. The van der Waals surface area contributed by atoms with Crippen molar-refractivity contribution in [1.29, 1.82) is 0 Å². The molecule has 0 aliphatic carbocycles. The van der Waals surface area contributed by atoms with E-state index >= 15 is 0 Å². The van der Waals surface area contributed by atoms with Gasteiger partial charge in [-0.15, -0.1) is 11.3 Å². The molecule has 0 unspecified atom stereocenters. The lowest BCUT2D eigenvalue weighted by Crippen LogP contribution is -1.98. The van der Waals surface area contributed by atoms with Crippen LogP contribution in [0.25, 0.3) is 10.6 Å². The third-order valence-electron chi connectivity index (χ3n) is 2.38. The number of thiazole rings is 1. The fourth-order valence-electron chi connectivity index (χ4n) is 1.37. The number of methoxy groups -OCH3 is 1. The van der Waals surface area contributed by atoms with Crippen LogP contribution in [0, 0.1) is 12.7 Å². The Labute approximate surface area is 112 Å². The number of aryl methyl sites for hydroxylation is 1. The molecule has 0 spiro atoms. The van der Waals surface area contributed by atoms with Crippen molar-refractivity contribution >= 4 is 28.9 Å². The number of nitrogens with zero attached hydrogens (tertiary/aromatic N) is 1. The fraction of sp³-hybridized carbons (Fsp3) is 0.167. The average molecular weight is 286 g/mol. The number of esters is 1. The second kappa shape index (κ2) is 5.04. The zero-order chi connectivity index (χ0) is 13.3. The van der Waals surface area contributed by atoms with Crippen molar-refractivity contribution in [2.45, 2.75) is 6.92 Å². The van der Waals surface area contributed by atoms with Crippen molar-refractivity contribution < 1.29 is 13.9 Å². The average Bonchev–Trinajstić information content (AvgIpc) is 2.74. The van der Waals surface area contributed by atoms with Crippen molar-refractivity contribution in [3.05, 3.63) is 39.6 Å². The largest absolute Gasteiger partial charge is 0.465 e. The number of ether oxygens (including phenoxy) is 1. The summed E-state index contributed by atoms with van der Waals surface area (Å²) in [5.74, 6) is -0.866. The second-order valence-electron chi connectivity index (χ2n) is 3.59. The number of carbonyl (C=O) groups excluding carboxylic acids is 1. The van der Waals surface area contributed by atoms with Gasteiger partial charge in [0.15, 0.2) is 10.0 Å². The summed E-state index contributed by atoms with van der Waals surface area (Å²) in [7, 11) is 1.27. The molecular weight excluding hydrogens is 277 g/mol. The summed E-state index contributed by atoms with van der Waals surface area (Å²) in [4.78, 5) is 15.6. The molecule has 0 fully saturated rings. The van der Waals surface area contributed by atoms with Gasteiger partial charge in [0, 0.05) is 5.56 Å². The van der Waals surface area contributed by atoms with E-state index in [2.05, 4.69) is 9.72 Å². The molecule has 0 N–H and O–H groups in total. The van der Waals surface area contributed by atoms with Crippen LogP contribution in [0.15, 0.2) is 18.2 Å². The van der Waals surface area contributed by atoms with Crippen molar-refractivity contribution in [2.75, 3.05) is 7.11 Å². The van der Waals surface area contributed by atoms with Crippen molar-refractivity contribution in [3.8, 4) is 10.6 Å². The molecule has 94 valence electrons. The van der Waals surface area contributed by atoms with E-state index < -0.39 is 5.97 Å². The van der Waals surface area contributed by atoms with Gasteiger partial charge in [0.2, 0.25) is 0 Å². The third-order valence-corrected chi connectivity index (χ3v) is 3.85. The van der Waals surface area contributed by atoms with Crippen molar-refractivity contribution in [3.63, 3.8) is 0 Å². The van der Waals surface area contributed by atoms with Gasteiger partial charge in [-0.25, -0.2) is 14.2 Å². The highest BCUT2D eigenvalue weighted by molar-refractivity contribution is 7.17. The molecular formula is C12H9ClFNO2S. The zero-order valence-electron chi connectivity index (χ0n) is 9.66. The van der Waals surface area contributed by atoms with Gasteiger partial charge in [0.25, 0.3) is 0 Å². The van der Waals surface area contributed by atoms with Crippen LogP contribution in [-0.2, 0) is 4.74 Å². The molecule has 0 saturated heterocycles. The summed E-state index contributed by atoms with van der Waals surface area (Å²) >= 11 is 6.92. The molecule has 1 aromatic carbocycles. The molecule has 0 amide bonds. The van der Waals surface area contributed by atoms with E-state index in [1.165, 1.54) is 13.2 Å². The topological polar surface area (TPSA) is 39.2 Å². The lowest BCUT2D eigenvalue weighted by molar-refractivity contribution is 0.0606. The summed E-state index contributed by atoms with van der Waals surface area (Å²) in [6.07, 6.45) is 0. The predicted molar refractivity (Wildman–Crippen MR) is 68.6 cm³/mol. The smallest absolute Gasteiger partial charge is 0.351 e. The maximum Gasteiger partial charge on any atom is 0.351 e. The number of rotatable bonds is 2. The van der Waals surface area contributed by atoms with E-state index in [0.717, 1.165) is 11.3 Å². The van der Waals surface area contributed by atoms with Gasteiger partial charge in [-0.1, -0.05) is 23.7 Å². The predicted octanol–water partition coefficient (Wildman–Crippen LogP) is 3.70. The van der Waals surface area contributed by atoms with Gasteiger partial charge in [-0.05, 0) is 18.6 Å². The number of benzene rings is 1. The lowest BCUT2D eigenvalue weighted by atomic mass is 10.1. The van der Waals surface area contributed by atoms with Crippen molar-refractivity contribution in [1.82, 2.24) is 4.98 Å². The summed E-state index contributed by atoms with van der Waals surface area (Å²) in [5, 5.41) is 0.558. The number of aromatic nitrogens is 1. The number of hydrogen-bond acceptors (Lipinski definition) is 4.